The largest absolute Gasteiger partial charge is 0.396 e. The molecule has 1 aliphatic rings. The smallest absolute Gasteiger partial charge is 0.211 e. The Balaban J connectivity index is 2.05. The average molecular weight is 250 g/mol. The fourth-order valence-corrected chi connectivity index (χ4v) is 2.97. The summed E-state index contributed by atoms with van der Waals surface area (Å²) in [6.45, 7) is 3.70. The Morgan fingerprint density at radius 1 is 1.19 bits per heavy atom. The van der Waals surface area contributed by atoms with Gasteiger partial charge in [-0.1, -0.05) is 0 Å². The molecule has 1 fully saturated rings. The van der Waals surface area contributed by atoms with Crippen LogP contribution < -0.4 is 4.72 Å². The first kappa shape index (κ1) is 13.9. The Morgan fingerprint density at radius 2 is 1.88 bits per heavy atom. The van der Waals surface area contributed by atoms with E-state index < -0.39 is 10.0 Å². The SMILES string of the molecule is O=S(=O)(CCCO)NCCCN1CCCC1. The van der Waals surface area contributed by atoms with Gasteiger partial charge in [-0.05, 0) is 45.3 Å². The van der Waals surface area contributed by atoms with Gasteiger partial charge < -0.3 is 10.0 Å². The van der Waals surface area contributed by atoms with E-state index in [1.54, 1.807) is 0 Å². The number of rotatable bonds is 8. The van der Waals surface area contributed by atoms with Gasteiger partial charge in [0.25, 0.3) is 0 Å². The van der Waals surface area contributed by atoms with E-state index in [4.69, 9.17) is 5.11 Å². The predicted octanol–water partition coefficient (Wildman–Crippen LogP) is -0.226. The maximum absolute atomic E-state index is 11.3. The van der Waals surface area contributed by atoms with Crippen molar-refractivity contribution in [3.05, 3.63) is 0 Å². The maximum atomic E-state index is 11.3. The lowest BCUT2D eigenvalue weighted by Crippen LogP contribution is -2.30. The van der Waals surface area contributed by atoms with Crippen molar-refractivity contribution in [2.45, 2.75) is 25.7 Å². The molecule has 96 valence electrons. The lowest BCUT2D eigenvalue weighted by Gasteiger charge is -2.14. The van der Waals surface area contributed by atoms with Gasteiger partial charge in [0.05, 0.1) is 5.75 Å². The van der Waals surface area contributed by atoms with Gasteiger partial charge in [-0.2, -0.15) is 0 Å². The van der Waals surface area contributed by atoms with Gasteiger partial charge in [-0.25, -0.2) is 13.1 Å². The van der Waals surface area contributed by atoms with Gasteiger partial charge >= 0.3 is 0 Å². The summed E-state index contributed by atoms with van der Waals surface area (Å²) in [5.74, 6) is 0.0210. The lowest BCUT2D eigenvalue weighted by atomic mass is 10.4. The van der Waals surface area contributed by atoms with E-state index in [2.05, 4.69) is 9.62 Å². The molecule has 5 nitrogen and oxygen atoms in total. The zero-order valence-corrected chi connectivity index (χ0v) is 10.5. The summed E-state index contributed by atoms with van der Waals surface area (Å²) in [7, 11) is -3.17. The summed E-state index contributed by atoms with van der Waals surface area (Å²) >= 11 is 0. The highest BCUT2D eigenvalue weighted by Crippen LogP contribution is 2.06. The highest BCUT2D eigenvalue weighted by atomic mass is 32.2. The number of hydrogen-bond donors (Lipinski definition) is 2. The van der Waals surface area contributed by atoms with E-state index in [0.717, 1.165) is 26.1 Å². The minimum Gasteiger partial charge on any atom is -0.396 e. The van der Waals surface area contributed by atoms with Crippen molar-refractivity contribution in [1.82, 2.24) is 9.62 Å². The third-order valence-electron chi connectivity index (χ3n) is 2.74. The monoisotopic (exact) mass is 250 g/mol. The third-order valence-corrected chi connectivity index (χ3v) is 4.21. The standard InChI is InChI=1S/C10H22N2O3S/c13-9-4-10-16(14,15)11-5-3-8-12-6-1-2-7-12/h11,13H,1-10H2. The van der Waals surface area contributed by atoms with Crippen LogP contribution >= 0.6 is 0 Å². The summed E-state index contributed by atoms with van der Waals surface area (Å²) in [5, 5.41) is 8.55. The molecule has 0 atom stereocenters. The molecule has 16 heavy (non-hydrogen) atoms. The van der Waals surface area contributed by atoms with Crippen LogP contribution in [-0.2, 0) is 10.0 Å². The molecule has 0 aliphatic carbocycles. The first-order valence-corrected chi connectivity index (χ1v) is 7.60. The molecule has 0 radical (unpaired) electrons. The molecule has 0 saturated carbocycles. The van der Waals surface area contributed by atoms with Crippen LogP contribution in [0.3, 0.4) is 0 Å². The number of hydrogen-bond acceptors (Lipinski definition) is 4. The van der Waals surface area contributed by atoms with Gasteiger partial charge in [-0.3, -0.25) is 0 Å². The van der Waals surface area contributed by atoms with Crippen LogP contribution in [0.25, 0.3) is 0 Å². The second kappa shape index (κ2) is 7.21. The fourth-order valence-electron chi connectivity index (χ4n) is 1.86. The van der Waals surface area contributed by atoms with Crippen molar-refractivity contribution in [1.29, 1.82) is 0 Å². The van der Waals surface area contributed by atoms with Crippen molar-refractivity contribution >= 4 is 10.0 Å². The summed E-state index contributed by atoms with van der Waals surface area (Å²) < 4.78 is 25.3. The van der Waals surface area contributed by atoms with E-state index in [-0.39, 0.29) is 12.4 Å². The van der Waals surface area contributed by atoms with Gasteiger partial charge in [0, 0.05) is 13.2 Å². The Hall–Kier alpha value is -0.170. The first-order chi connectivity index (χ1) is 7.64. The molecule has 1 rings (SSSR count). The van der Waals surface area contributed by atoms with Crippen LogP contribution in [0.5, 0.6) is 0 Å². The molecule has 0 aromatic rings. The van der Waals surface area contributed by atoms with Crippen molar-refractivity contribution < 1.29 is 13.5 Å². The maximum Gasteiger partial charge on any atom is 0.211 e. The van der Waals surface area contributed by atoms with Gasteiger partial charge in [0.2, 0.25) is 10.0 Å². The molecule has 0 amide bonds. The van der Waals surface area contributed by atoms with Gasteiger partial charge in [0.15, 0.2) is 0 Å². The van der Waals surface area contributed by atoms with E-state index in [1.807, 2.05) is 0 Å². The number of nitrogens with zero attached hydrogens (tertiary/aromatic N) is 1. The Bertz CT molecular complexity index is 274. The Kier molecular flexibility index (Phi) is 6.26. The number of likely N-dealkylation sites (tertiary alicyclic amines) is 1. The first-order valence-electron chi connectivity index (χ1n) is 5.94. The van der Waals surface area contributed by atoms with E-state index in [0.29, 0.717) is 13.0 Å². The van der Waals surface area contributed by atoms with Crippen molar-refractivity contribution in [2.75, 3.05) is 38.5 Å². The second-order valence-corrected chi connectivity index (χ2v) is 6.12. The quantitative estimate of drug-likeness (QED) is 0.584. The number of aliphatic hydroxyl groups is 1. The third kappa shape index (κ3) is 5.79. The van der Waals surface area contributed by atoms with Crippen LogP contribution in [0, 0.1) is 0 Å². The average Bonchev–Trinajstić information content (AvgIpc) is 2.75. The summed E-state index contributed by atoms with van der Waals surface area (Å²) in [6.07, 6.45) is 3.70. The predicted molar refractivity (Wildman–Crippen MR) is 63.8 cm³/mol. The van der Waals surface area contributed by atoms with E-state index >= 15 is 0 Å². The molecular formula is C10H22N2O3S. The zero-order chi connectivity index (χ0) is 11.9. The highest BCUT2D eigenvalue weighted by Gasteiger charge is 2.12. The molecule has 0 aromatic carbocycles. The topological polar surface area (TPSA) is 69.6 Å². The summed E-state index contributed by atoms with van der Waals surface area (Å²) in [5.41, 5.74) is 0. The number of nitrogens with one attached hydrogen (secondary N) is 1. The molecule has 6 heteroatoms. The van der Waals surface area contributed by atoms with Crippen molar-refractivity contribution in [3.8, 4) is 0 Å². The molecule has 0 aromatic heterocycles. The molecule has 1 heterocycles. The van der Waals surface area contributed by atoms with Crippen LogP contribution in [0.1, 0.15) is 25.7 Å². The number of aliphatic hydroxyl groups excluding tert-OH is 1. The van der Waals surface area contributed by atoms with Crippen molar-refractivity contribution in [2.24, 2.45) is 0 Å². The zero-order valence-electron chi connectivity index (χ0n) is 9.69. The van der Waals surface area contributed by atoms with Crippen LogP contribution in [0.15, 0.2) is 0 Å². The molecular weight excluding hydrogens is 228 g/mol. The van der Waals surface area contributed by atoms with Crippen LogP contribution in [0.2, 0.25) is 0 Å². The molecule has 0 bridgehead atoms. The summed E-state index contributed by atoms with van der Waals surface area (Å²) in [6, 6.07) is 0. The van der Waals surface area contributed by atoms with E-state index in [1.165, 1.54) is 12.8 Å². The minimum atomic E-state index is -3.17. The molecule has 1 saturated heterocycles. The number of sulfonamides is 1. The minimum absolute atomic E-state index is 0.0210. The van der Waals surface area contributed by atoms with Crippen molar-refractivity contribution in [3.63, 3.8) is 0 Å². The Morgan fingerprint density at radius 3 is 2.50 bits per heavy atom. The summed E-state index contributed by atoms with van der Waals surface area (Å²) in [4.78, 5) is 2.36. The van der Waals surface area contributed by atoms with E-state index in [9.17, 15) is 8.42 Å². The second-order valence-electron chi connectivity index (χ2n) is 4.19. The molecule has 2 N–H and O–H groups in total. The highest BCUT2D eigenvalue weighted by molar-refractivity contribution is 7.89. The molecule has 1 aliphatic heterocycles. The fraction of sp³-hybridized carbons (Fsp3) is 1.00. The van der Waals surface area contributed by atoms with Crippen LogP contribution in [-0.4, -0.2) is 57.0 Å². The molecule has 0 unspecified atom stereocenters. The van der Waals surface area contributed by atoms with Gasteiger partial charge in [-0.15, -0.1) is 0 Å². The van der Waals surface area contributed by atoms with Crippen LogP contribution in [0.4, 0.5) is 0 Å². The molecule has 0 spiro atoms. The lowest BCUT2D eigenvalue weighted by molar-refractivity contribution is 0.295. The Labute approximate surface area is 97.9 Å². The van der Waals surface area contributed by atoms with Gasteiger partial charge in [0.1, 0.15) is 0 Å². The normalized spacial score (nSPS) is 18.1.